The molecule has 2 aromatic rings. The van der Waals surface area contributed by atoms with Crippen LogP contribution in [0.25, 0.3) is 6.08 Å². The molecule has 0 heterocycles. The van der Waals surface area contributed by atoms with E-state index in [1.54, 1.807) is 25.1 Å². The van der Waals surface area contributed by atoms with Crippen LogP contribution in [0.15, 0.2) is 54.1 Å². The van der Waals surface area contributed by atoms with Crippen LogP contribution in [-0.4, -0.2) is 24.1 Å². The average molecular weight is 338 g/mol. The van der Waals surface area contributed by atoms with Gasteiger partial charge in [0, 0.05) is 16.7 Å². The zero-order valence-electron chi connectivity index (χ0n) is 13.5. The summed E-state index contributed by atoms with van der Waals surface area (Å²) < 4.78 is 18.1. The van der Waals surface area contributed by atoms with E-state index in [1.807, 2.05) is 0 Å². The van der Waals surface area contributed by atoms with Crippen LogP contribution in [0.2, 0.25) is 0 Å². The number of carbonyl (C=O) groups excluding carboxylic acids is 3. The molecule has 0 fully saturated rings. The van der Waals surface area contributed by atoms with Gasteiger partial charge in [-0.15, -0.1) is 0 Å². The van der Waals surface area contributed by atoms with Gasteiger partial charge in [0.15, 0.2) is 11.6 Å². The molecule has 1 aliphatic carbocycles. The highest BCUT2D eigenvalue weighted by atomic mass is 19.1. The lowest BCUT2D eigenvalue weighted by Crippen LogP contribution is -2.36. The third-order valence-corrected chi connectivity index (χ3v) is 3.99. The van der Waals surface area contributed by atoms with Crippen LogP contribution in [0, 0.1) is 11.7 Å². The lowest BCUT2D eigenvalue weighted by Gasteiger charge is -2.24. The van der Waals surface area contributed by atoms with Crippen molar-refractivity contribution < 1.29 is 23.5 Å². The third-order valence-electron chi connectivity index (χ3n) is 3.99. The smallest absolute Gasteiger partial charge is 0.321 e. The van der Waals surface area contributed by atoms with Crippen molar-refractivity contribution >= 4 is 23.6 Å². The van der Waals surface area contributed by atoms with Gasteiger partial charge in [0.2, 0.25) is 0 Å². The number of esters is 1. The first kappa shape index (κ1) is 16.8. The number of hydrogen-bond donors (Lipinski definition) is 0. The number of rotatable bonds is 3. The van der Waals surface area contributed by atoms with Gasteiger partial charge in [-0.25, -0.2) is 4.39 Å². The number of ketones is 2. The standard InChI is InChI=1S/C20H15FO4/c1-2-25-20(24)17-16(11-12-7-9-13(21)10-8-12)18(22)14-5-3-4-6-15(14)19(17)23/h3-11,17H,2H2,1H3/b16-11-/t17-/m1/s1. The molecule has 0 saturated carbocycles. The van der Waals surface area contributed by atoms with Gasteiger partial charge in [0.25, 0.3) is 0 Å². The van der Waals surface area contributed by atoms with Crippen LogP contribution >= 0.6 is 0 Å². The van der Waals surface area contributed by atoms with Crippen molar-refractivity contribution in [1.82, 2.24) is 0 Å². The Morgan fingerprint density at radius 3 is 2.36 bits per heavy atom. The molecule has 1 aliphatic rings. The normalized spacial score (nSPS) is 18.2. The lowest BCUT2D eigenvalue weighted by molar-refractivity contribution is -0.144. The third kappa shape index (κ3) is 3.13. The molecule has 0 unspecified atom stereocenters. The number of ether oxygens (including phenoxy) is 1. The Hall–Kier alpha value is -3.08. The Bertz CT molecular complexity index is 881. The molecule has 0 N–H and O–H groups in total. The molecular weight excluding hydrogens is 323 g/mol. The first-order chi connectivity index (χ1) is 12.0. The molecule has 0 spiro atoms. The van der Waals surface area contributed by atoms with Crippen LogP contribution in [0.5, 0.6) is 0 Å². The van der Waals surface area contributed by atoms with Crippen LogP contribution < -0.4 is 0 Å². The molecule has 0 amide bonds. The molecular formula is C20H15FO4. The molecule has 25 heavy (non-hydrogen) atoms. The van der Waals surface area contributed by atoms with Crippen LogP contribution in [0.4, 0.5) is 4.39 Å². The van der Waals surface area contributed by atoms with E-state index in [4.69, 9.17) is 4.74 Å². The van der Waals surface area contributed by atoms with Gasteiger partial charge in [-0.3, -0.25) is 14.4 Å². The molecule has 0 bridgehead atoms. The molecule has 4 nitrogen and oxygen atoms in total. The summed E-state index contributed by atoms with van der Waals surface area (Å²) in [6.07, 6.45) is 1.44. The fraction of sp³-hybridized carbons (Fsp3) is 0.150. The monoisotopic (exact) mass is 338 g/mol. The fourth-order valence-electron chi connectivity index (χ4n) is 2.83. The average Bonchev–Trinajstić information content (AvgIpc) is 2.61. The predicted molar refractivity (Wildman–Crippen MR) is 89.6 cm³/mol. The summed E-state index contributed by atoms with van der Waals surface area (Å²) >= 11 is 0. The Kier molecular flexibility index (Phi) is 4.57. The summed E-state index contributed by atoms with van der Waals surface area (Å²) in [6, 6.07) is 11.8. The van der Waals surface area contributed by atoms with Crippen molar-refractivity contribution in [3.05, 3.63) is 76.6 Å². The molecule has 0 radical (unpaired) electrons. The van der Waals surface area contributed by atoms with E-state index in [0.29, 0.717) is 5.56 Å². The van der Waals surface area contributed by atoms with E-state index >= 15 is 0 Å². The second kappa shape index (κ2) is 6.81. The Labute approximate surface area is 143 Å². The van der Waals surface area contributed by atoms with Crippen molar-refractivity contribution in [3.63, 3.8) is 0 Å². The number of fused-ring (bicyclic) bond motifs is 1. The number of carbonyl (C=O) groups is 3. The summed E-state index contributed by atoms with van der Waals surface area (Å²) in [5, 5.41) is 0. The minimum absolute atomic E-state index is 0.0359. The largest absolute Gasteiger partial charge is 0.465 e. The van der Waals surface area contributed by atoms with Gasteiger partial charge in [0.05, 0.1) is 6.61 Å². The molecule has 0 saturated heterocycles. The summed E-state index contributed by atoms with van der Waals surface area (Å²) in [4.78, 5) is 38.0. The van der Waals surface area contributed by atoms with Crippen LogP contribution in [0.3, 0.4) is 0 Å². The maximum Gasteiger partial charge on any atom is 0.321 e. The molecule has 0 aromatic heterocycles. The van der Waals surface area contributed by atoms with E-state index in [0.717, 1.165) is 0 Å². The maximum absolute atomic E-state index is 13.1. The van der Waals surface area contributed by atoms with Crippen LogP contribution in [-0.2, 0) is 9.53 Å². The number of benzene rings is 2. The molecule has 2 aromatic carbocycles. The zero-order valence-corrected chi connectivity index (χ0v) is 13.5. The number of halogens is 1. The van der Waals surface area contributed by atoms with Crippen molar-refractivity contribution in [3.8, 4) is 0 Å². The minimum atomic E-state index is -1.31. The highest BCUT2D eigenvalue weighted by Gasteiger charge is 2.42. The highest BCUT2D eigenvalue weighted by molar-refractivity contribution is 6.29. The molecule has 0 aliphatic heterocycles. The number of Topliss-reactive ketones (excluding diaryl/α,β-unsaturated/α-hetero) is 2. The van der Waals surface area contributed by atoms with Gasteiger partial charge in [0.1, 0.15) is 11.7 Å². The van der Waals surface area contributed by atoms with E-state index in [1.165, 1.54) is 36.4 Å². The quantitative estimate of drug-likeness (QED) is 0.488. The molecule has 3 rings (SSSR count). The highest BCUT2D eigenvalue weighted by Crippen LogP contribution is 2.32. The van der Waals surface area contributed by atoms with E-state index in [9.17, 15) is 18.8 Å². The summed E-state index contributed by atoms with van der Waals surface area (Å²) in [7, 11) is 0. The van der Waals surface area contributed by atoms with E-state index < -0.39 is 29.3 Å². The fourth-order valence-corrected chi connectivity index (χ4v) is 2.83. The SMILES string of the molecule is CCOC(=O)[C@H]1C(=O)c2ccccc2C(=O)/C1=C\c1ccc(F)cc1. The molecule has 5 heteroatoms. The van der Waals surface area contributed by atoms with Crippen molar-refractivity contribution in [2.24, 2.45) is 5.92 Å². The zero-order chi connectivity index (χ0) is 18.0. The molecule has 1 atom stereocenters. The lowest BCUT2D eigenvalue weighted by atomic mass is 9.77. The van der Waals surface area contributed by atoms with Gasteiger partial charge >= 0.3 is 5.97 Å². The topological polar surface area (TPSA) is 60.4 Å². The van der Waals surface area contributed by atoms with Crippen LogP contribution in [0.1, 0.15) is 33.2 Å². The summed E-state index contributed by atoms with van der Waals surface area (Å²) in [6.45, 7) is 1.73. The molecule has 126 valence electrons. The second-order valence-corrected chi connectivity index (χ2v) is 5.58. The van der Waals surface area contributed by atoms with E-state index in [-0.39, 0.29) is 23.3 Å². The Morgan fingerprint density at radius 2 is 1.72 bits per heavy atom. The maximum atomic E-state index is 13.1. The summed E-state index contributed by atoms with van der Waals surface area (Å²) in [5.41, 5.74) is 1.02. The minimum Gasteiger partial charge on any atom is -0.465 e. The first-order valence-corrected chi connectivity index (χ1v) is 7.84. The van der Waals surface area contributed by atoms with E-state index in [2.05, 4.69) is 0 Å². The first-order valence-electron chi connectivity index (χ1n) is 7.84. The van der Waals surface area contributed by atoms with Gasteiger partial charge < -0.3 is 4.74 Å². The van der Waals surface area contributed by atoms with Crippen molar-refractivity contribution in [1.29, 1.82) is 0 Å². The van der Waals surface area contributed by atoms with Crippen molar-refractivity contribution in [2.45, 2.75) is 6.92 Å². The second-order valence-electron chi connectivity index (χ2n) is 5.58. The van der Waals surface area contributed by atoms with Gasteiger partial charge in [-0.2, -0.15) is 0 Å². The Balaban J connectivity index is 2.15. The Morgan fingerprint density at radius 1 is 1.08 bits per heavy atom. The van der Waals surface area contributed by atoms with Gasteiger partial charge in [-0.1, -0.05) is 36.4 Å². The summed E-state index contributed by atoms with van der Waals surface area (Å²) in [5.74, 6) is -3.36. The predicted octanol–water partition coefficient (Wildman–Crippen LogP) is 3.47. The number of hydrogen-bond acceptors (Lipinski definition) is 4. The van der Waals surface area contributed by atoms with Gasteiger partial charge in [-0.05, 0) is 30.7 Å². The van der Waals surface area contributed by atoms with Crippen molar-refractivity contribution in [2.75, 3.05) is 6.61 Å².